The predicted molar refractivity (Wildman–Crippen MR) is 107 cm³/mol. The van der Waals surface area contributed by atoms with Crippen LogP contribution in [0.1, 0.15) is 38.9 Å². The molecule has 1 aliphatic rings. The Hall–Kier alpha value is -3.39. The fourth-order valence-corrected chi connectivity index (χ4v) is 4.27. The number of rotatable bonds is 2. The van der Waals surface area contributed by atoms with Crippen LogP contribution in [0.3, 0.4) is 0 Å². The monoisotopic (exact) mass is 407 g/mol. The zero-order chi connectivity index (χ0) is 20.3. The molecular formula is C21H14FN3O3S. The molecule has 2 aromatic carbocycles. The first-order valence-electron chi connectivity index (χ1n) is 8.89. The van der Waals surface area contributed by atoms with Crippen molar-refractivity contribution in [2.24, 2.45) is 0 Å². The smallest absolute Gasteiger partial charge is 0.297 e. The van der Waals surface area contributed by atoms with Crippen molar-refractivity contribution < 1.29 is 13.6 Å². The van der Waals surface area contributed by atoms with Crippen molar-refractivity contribution in [2.45, 2.75) is 19.9 Å². The summed E-state index contributed by atoms with van der Waals surface area (Å²) in [4.78, 5) is 28.0. The van der Waals surface area contributed by atoms with E-state index in [2.05, 4.69) is 10.2 Å². The zero-order valence-electron chi connectivity index (χ0n) is 15.5. The lowest BCUT2D eigenvalue weighted by Crippen LogP contribution is -2.30. The third-order valence-corrected chi connectivity index (χ3v) is 5.93. The van der Waals surface area contributed by atoms with Crippen LogP contribution in [0.2, 0.25) is 0 Å². The molecule has 0 saturated heterocycles. The lowest BCUT2D eigenvalue weighted by molar-refractivity contribution is 0.0970. The molecular weight excluding hydrogens is 393 g/mol. The first kappa shape index (κ1) is 17.7. The predicted octanol–water partition coefficient (Wildman–Crippen LogP) is 4.15. The molecule has 1 atom stereocenters. The molecule has 8 heteroatoms. The summed E-state index contributed by atoms with van der Waals surface area (Å²) < 4.78 is 20.6. The van der Waals surface area contributed by atoms with Gasteiger partial charge in [0.25, 0.3) is 5.91 Å². The highest BCUT2D eigenvalue weighted by atomic mass is 32.1. The Labute approximate surface area is 168 Å². The molecule has 2 aromatic heterocycles. The number of hydrogen-bond donors (Lipinski definition) is 0. The molecule has 0 aliphatic carbocycles. The van der Waals surface area contributed by atoms with Gasteiger partial charge in [0, 0.05) is 5.56 Å². The van der Waals surface area contributed by atoms with Gasteiger partial charge in [0.1, 0.15) is 23.0 Å². The van der Waals surface area contributed by atoms with Crippen molar-refractivity contribution in [1.82, 2.24) is 10.2 Å². The van der Waals surface area contributed by atoms with Crippen LogP contribution in [-0.2, 0) is 0 Å². The number of aromatic nitrogens is 2. The topological polar surface area (TPSA) is 76.3 Å². The molecule has 3 heterocycles. The molecule has 0 spiro atoms. The standard InChI is InChI=1S/C21H14FN3O3S/c1-10-7-13-15(8-11(10)2)28-19-16(18(13)26)17(12-5-3-4-6-14(12)22)25(20(19)27)21-24-23-9-29-21/h3-9,17H,1-2H3. The number of halogens is 1. The van der Waals surface area contributed by atoms with Crippen molar-refractivity contribution in [3.05, 3.63) is 86.0 Å². The van der Waals surface area contributed by atoms with Crippen LogP contribution >= 0.6 is 11.3 Å². The molecule has 1 unspecified atom stereocenters. The second-order valence-corrected chi connectivity index (χ2v) is 7.74. The molecule has 0 bridgehead atoms. The summed E-state index contributed by atoms with van der Waals surface area (Å²) in [5.41, 5.74) is 3.64. The van der Waals surface area contributed by atoms with Gasteiger partial charge in [-0.2, -0.15) is 0 Å². The zero-order valence-corrected chi connectivity index (χ0v) is 16.3. The normalized spacial score (nSPS) is 15.9. The maximum absolute atomic E-state index is 14.7. The summed E-state index contributed by atoms with van der Waals surface area (Å²) in [5.74, 6) is -1.15. The largest absolute Gasteiger partial charge is 0.450 e. The Morgan fingerprint density at radius 2 is 1.90 bits per heavy atom. The first-order valence-corrected chi connectivity index (χ1v) is 9.77. The minimum Gasteiger partial charge on any atom is -0.450 e. The molecule has 0 fully saturated rings. The van der Waals surface area contributed by atoms with Gasteiger partial charge < -0.3 is 4.42 Å². The van der Waals surface area contributed by atoms with E-state index in [9.17, 15) is 14.0 Å². The van der Waals surface area contributed by atoms with Gasteiger partial charge in [-0.25, -0.2) is 4.39 Å². The highest BCUT2D eigenvalue weighted by molar-refractivity contribution is 7.13. The van der Waals surface area contributed by atoms with E-state index in [0.29, 0.717) is 11.0 Å². The fourth-order valence-electron chi connectivity index (χ4n) is 3.69. The summed E-state index contributed by atoms with van der Waals surface area (Å²) in [7, 11) is 0. The molecule has 0 radical (unpaired) electrons. The third-order valence-electron chi connectivity index (χ3n) is 5.24. The Bertz CT molecular complexity index is 1350. The number of carbonyl (C=O) groups is 1. The SMILES string of the molecule is Cc1cc2oc3c(c(=O)c2cc1C)C(c1ccccc1F)N(c1nncs1)C3=O. The maximum atomic E-state index is 14.7. The number of benzene rings is 2. The Morgan fingerprint density at radius 1 is 1.14 bits per heavy atom. The van der Waals surface area contributed by atoms with Crippen molar-refractivity contribution in [2.75, 3.05) is 4.90 Å². The number of carbonyl (C=O) groups excluding carboxylic acids is 1. The number of hydrogen-bond acceptors (Lipinski definition) is 6. The summed E-state index contributed by atoms with van der Waals surface area (Å²) in [6.45, 7) is 3.80. The Balaban J connectivity index is 1.87. The minimum atomic E-state index is -0.978. The van der Waals surface area contributed by atoms with E-state index in [1.54, 1.807) is 30.3 Å². The number of fused-ring (bicyclic) bond motifs is 2. The molecule has 6 nitrogen and oxygen atoms in total. The molecule has 29 heavy (non-hydrogen) atoms. The lowest BCUT2D eigenvalue weighted by atomic mass is 9.97. The molecule has 1 amide bonds. The van der Waals surface area contributed by atoms with Gasteiger partial charge in [-0.05, 0) is 43.2 Å². The lowest BCUT2D eigenvalue weighted by Gasteiger charge is -2.22. The van der Waals surface area contributed by atoms with Gasteiger partial charge in [0.15, 0.2) is 5.43 Å². The third kappa shape index (κ3) is 2.52. The fraction of sp³-hybridized carbons (Fsp3) is 0.143. The van der Waals surface area contributed by atoms with Crippen LogP contribution in [0.4, 0.5) is 9.52 Å². The van der Waals surface area contributed by atoms with Gasteiger partial charge in [-0.1, -0.05) is 29.5 Å². The van der Waals surface area contributed by atoms with E-state index in [4.69, 9.17) is 4.42 Å². The molecule has 144 valence electrons. The summed E-state index contributed by atoms with van der Waals surface area (Å²) in [5, 5.41) is 8.39. The minimum absolute atomic E-state index is 0.0887. The first-order chi connectivity index (χ1) is 14.0. The summed E-state index contributed by atoms with van der Waals surface area (Å²) >= 11 is 1.13. The molecule has 1 aliphatic heterocycles. The van der Waals surface area contributed by atoms with Crippen LogP contribution in [0, 0.1) is 19.7 Å². The Kier molecular flexibility index (Phi) is 3.85. The van der Waals surface area contributed by atoms with Gasteiger partial charge in [0.2, 0.25) is 10.9 Å². The molecule has 5 rings (SSSR count). The highest BCUT2D eigenvalue weighted by Crippen LogP contribution is 2.42. The van der Waals surface area contributed by atoms with E-state index < -0.39 is 17.8 Å². The maximum Gasteiger partial charge on any atom is 0.297 e. The summed E-state index contributed by atoms with van der Waals surface area (Å²) in [6.07, 6.45) is 0. The van der Waals surface area contributed by atoms with Crippen molar-refractivity contribution in [3.8, 4) is 0 Å². The molecule has 0 saturated carbocycles. The van der Waals surface area contributed by atoms with E-state index in [-0.39, 0.29) is 27.4 Å². The average Bonchev–Trinajstić information content (AvgIpc) is 3.31. The number of anilines is 1. The summed E-state index contributed by atoms with van der Waals surface area (Å²) in [6, 6.07) is 8.58. The van der Waals surface area contributed by atoms with Crippen LogP contribution in [0.15, 0.2) is 51.1 Å². The van der Waals surface area contributed by atoms with Crippen LogP contribution in [0.25, 0.3) is 11.0 Å². The second-order valence-electron chi connectivity index (χ2n) is 6.93. The van der Waals surface area contributed by atoms with Gasteiger partial charge in [0.05, 0.1) is 10.9 Å². The van der Waals surface area contributed by atoms with Crippen molar-refractivity contribution >= 4 is 33.3 Å². The highest BCUT2D eigenvalue weighted by Gasteiger charge is 2.45. The number of amides is 1. The van der Waals surface area contributed by atoms with Crippen molar-refractivity contribution in [1.29, 1.82) is 0 Å². The quantitative estimate of drug-likeness (QED) is 0.499. The molecule has 0 N–H and O–H groups in total. The van der Waals surface area contributed by atoms with E-state index in [1.165, 1.54) is 16.5 Å². The van der Waals surface area contributed by atoms with E-state index in [0.717, 1.165) is 22.5 Å². The van der Waals surface area contributed by atoms with Crippen LogP contribution < -0.4 is 10.3 Å². The van der Waals surface area contributed by atoms with Crippen LogP contribution in [-0.4, -0.2) is 16.1 Å². The molecule has 4 aromatic rings. The van der Waals surface area contributed by atoms with Crippen LogP contribution in [0.5, 0.6) is 0 Å². The van der Waals surface area contributed by atoms with E-state index >= 15 is 0 Å². The average molecular weight is 407 g/mol. The Morgan fingerprint density at radius 3 is 2.62 bits per heavy atom. The number of aryl methyl sites for hydroxylation is 2. The van der Waals surface area contributed by atoms with E-state index in [1.807, 2.05) is 13.8 Å². The van der Waals surface area contributed by atoms with Crippen molar-refractivity contribution in [3.63, 3.8) is 0 Å². The second kappa shape index (κ2) is 6.31. The van der Waals surface area contributed by atoms with Gasteiger partial charge in [-0.15, -0.1) is 10.2 Å². The van der Waals surface area contributed by atoms with Gasteiger partial charge >= 0.3 is 0 Å². The number of nitrogens with zero attached hydrogens (tertiary/aromatic N) is 3. The van der Waals surface area contributed by atoms with Gasteiger partial charge in [-0.3, -0.25) is 14.5 Å².